The van der Waals surface area contributed by atoms with E-state index in [4.69, 9.17) is 4.52 Å². The molecule has 0 spiro atoms. The smallest absolute Gasteiger partial charge is 0.227 e. The molecule has 0 bridgehead atoms. The largest absolute Gasteiger partial charge is 0.352 e. The van der Waals surface area contributed by atoms with E-state index in [1.165, 1.54) is 0 Å². The minimum Gasteiger partial charge on any atom is -0.352 e. The highest BCUT2D eigenvalue weighted by molar-refractivity contribution is 5.79. The lowest BCUT2D eigenvalue weighted by Gasteiger charge is -2.19. The minimum atomic E-state index is -0.0618. The molecule has 138 valence electrons. The number of likely N-dealkylation sites (tertiary alicyclic amines) is 1. The Balaban J connectivity index is 1.45. The number of aryl methyl sites for hydroxylation is 1. The van der Waals surface area contributed by atoms with Crippen molar-refractivity contribution in [2.75, 3.05) is 13.1 Å². The summed E-state index contributed by atoms with van der Waals surface area (Å²) in [6, 6.07) is 9.58. The maximum Gasteiger partial charge on any atom is 0.227 e. The first-order valence-corrected chi connectivity index (χ1v) is 8.99. The van der Waals surface area contributed by atoms with E-state index in [0.717, 1.165) is 12.0 Å². The summed E-state index contributed by atoms with van der Waals surface area (Å²) in [6.45, 7) is 5.07. The number of rotatable bonds is 6. The van der Waals surface area contributed by atoms with Gasteiger partial charge in [-0.3, -0.25) is 9.59 Å². The first kappa shape index (κ1) is 18.1. The quantitative estimate of drug-likeness (QED) is 0.856. The van der Waals surface area contributed by atoms with Gasteiger partial charge in [0.25, 0.3) is 0 Å². The first-order chi connectivity index (χ1) is 12.5. The van der Waals surface area contributed by atoms with Crippen LogP contribution in [0, 0.1) is 5.92 Å². The molecule has 1 saturated heterocycles. The van der Waals surface area contributed by atoms with Gasteiger partial charge in [0.05, 0.1) is 0 Å². The highest BCUT2D eigenvalue weighted by atomic mass is 16.5. The van der Waals surface area contributed by atoms with Crippen LogP contribution in [0.1, 0.15) is 32.6 Å². The van der Waals surface area contributed by atoms with Gasteiger partial charge in [0, 0.05) is 43.5 Å². The van der Waals surface area contributed by atoms with Crippen LogP contribution >= 0.6 is 0 Å². The normalized spacial score (nSPS) is 16.9. The molecule has 2 heterocycles. The molecular weight excluding hydrogens is 332 g/mol. The van der Waals surface area contributed by atoms with Crippen LogP contribution in [0.2, 0.25) is 0 Å². The zero-order valence-electron chi connectivity index (χ0n) is 15.1. The van der Waals surface area contributed by atoms with Crippen molar-refractivity contribution in [3.63, 3.8) is 0 Å². The number of amides is 2. The molecule has 0 radical (unpaired) electrons. The third kappa shape index (κ3) is 4.47. The molecule has 2 aromatic rings. The summed E-state index contributed by atoms with van der Waals surface area (Å²) in [5.41, 5.74) is 0.882. The Morgan fingerprint density at radius 2 is 2.08 bits per heavy atom. The van der Waals surface area contributed by atoms with Crippen LogP contribution in [0.25, 0.3) is 11.4 Å². The highest BCUT2D eigenvalue weighted by Crippen LogP contribution is 2.16. The number of nitrogens with one attached hydrogen (secondary N) is 1. The molecule has 1 unspecified atom stereocenters. The monoisotopic (exact) mass is 356 g/mol. The van der Waals surface area contributed by atoms with Gasteiger partial charge in [-0.2, -0.15) is 4.98 Å². The topological polar surface area (TPSA) is 88.3 Å². The molecule has 26 heavy (non-hydrogen) atoms. The lowest BCUT2D eigenvalue weighted by atomic mass is 10.2. The number of carbonyl (C=O) groups excluding carboxylic acids is 2. The van der Waals surface area contributed by atoms with Gasteiger partial charge in [-0.1, -0.05) is 49.3 Å². The summed E-state index contributed by atoms with van der Waals surface area (Å²) in [7, 11) is 0. The van der Waals surface area contributed by atoms with Crippen LogP contribution in [0.4, 0.5) is 0 Å². The van der Waals surface area contributed by atoms with E-state index in [1.54, 1.807) is 0 Å². The van der Waals surface area contributed by atoms with Gasteiger partial charge < -0.3 is 14.7 Å². The molecule has 1 aromatic heterocycles. The molecule has 7 nitrogen and oxygen atoms in total. The number of hydrogen-bond acceptors (Lipinski definition) is 5. The molecule has 0 saturated carbocycles. The van der Waals surface area contributed by atoms with Crippen molar-refractivity contribution < 1.29 is 14.1 Å². The zero-order chi connectivity index (χ0) is 18.5. The summed E-state index contributed by atoms with van der Waals surface area (Å²) >= 11 is 0. The van der Waals surface area contributed by atoms with E-state index in [2.05, 4.69) is 15.5 Å². The molecule has 1 aliphatic rings. The second-order valence-electron chi connectivity index (χ2n) is 6.87. The molecular formula is C19H24N4O3. The van der Waals surface area contributed by atoms with Crippen LogP contribution in [0.5, 0.6) is 0 Å². The second-order valence-corrected chi connectivity index (χ2v) is 6.87. The van der Waals surface area contributed by atoms with Crippen LogP contribution in [-0.4, -0.2) is 46.0 Å². The van der Waals surface area contributed by atoms with E-state index < -0.39 is 0 Å². The Bertz CT molecular complexity index is 757. The van der Waals surface area contributed by atoms with Gasteiger partial charge in [-0.25, -0.2) is 0 Å². The summed E-state index contributed by atoms with van der Waals surface area (Å²) < 4.78 is 5.22. The molecule has 1 atom stereocenters. The zero-order valence-corrected chi connectivity index (χ0v) is 15.1. The molecule has 1 aliphatic heterocycles. The van der Waals surface area contributed by atoms with Crippen LogP contribution in [0.15, 0.2) is 34.9 Å². The van der Waals surface area contributed by atoms with Crippen molar-refractivity contribution in [3.05, 3.63) is 36.2 Å². The van der Waals surface area contributed by atoms with Crippen LogP contribution in [0.3, 0.4) is 0 Å². The fourth-order valence-electron chi connectivity index (χ4n) is 3.02. The van der Waals surface area contributed by atoms with E-state index >= 15 is 0 Å². The summed E-state index contributed by atoms with van der Waals surface area (Å²) in [5.74, 6) is 1.04. The van der Waals surface area contributed by atoms with Crippen LogP contribution in [-0.2, 0) is 16.0 Å². The van der Waals surface area contributed by atoms with Crippen molar-refractivity contribution in [2.45, 2.75) is 39.2 Å². The predicted molar refractivity (Wildman–Crippen MR) is 96.0 cm³/mol. The number of benzene rings is 1. The third-order valence-electron chi connectivity index (χ3n) is 4.42. The van der Waals surface area contributed by atoms with E-state index in [0.29, 0.717) is 31.2 Å². The lowest BCUT2D eigenvalue weighted by molar-refractivity contribution is -0.133. The van der Waals surface area contributed by atoms with Gasteiger partial charge in [-0.05, 0) is 6.42 Å². The van der Waals surface area contributed by atoms with Crippen molar-refractivity contribution >= 4 is 11.8 Å². The first-order valence-electron chi connectivity index (χ1n) is 8.99. The molecule has 1 N–H and O–H groups in total. The minimum absolute atomic E-state index is 0.0132. The van der Waals surface area contributed by atoms with Gasteiger partial charge in [0.15, 0.2) is 0 Å². The molecule has 3 rings (SSSR count). The van der Waals surface area contributed by atoms with Gasteiger partial charge >= 0.3 is 0 Å². The summed E-state index contributed by atoms with van der Waals surface area (Å²) in [6.07, 6.45) is 1.47. The number of carbonyl (C=O) groups is 2. The predicted octanol–water partition coefficient (Wildman–Crippen LogP) is 2.04. The van der Waals surface area contributed by atoms with Crippen LogP contribution < -0.4 is 5.32 Å². The Morgan fingerprint density at radius 3 is 2.81 bits per heavy atom. The number of aromatic nitrogens is 2. The Morgan fingerprint density at radius 1 is 1.31 bits per heavy atom. The molecule has 7 heteroatoms. The summed E-state index contributed by atoms with van der Waals surface area (Å²) in [4.78, 5) is 30.3. The number of hydrogen-bond donors (Lipinski definition) is 1. The lowest BCUT2D eigenvalue weighted by Crippen LogP contribution is -2.39. The maximum absolute atomic E-state index is 12.2. The average molecular weight is 356 g/mol. The maximum atomic E-state index is 12.2. The summed E-state index contributed by atoms with van der Waals surface area (Å²) in [5, 5.41) is 6.94. The van der Waals surface area contributed by atoms with E-state index in [1.807, 2.05) is 49.1 Å². The van der Waals surface area contributed by atoms with Gasteiger partial charge in [0.2, 0.25) is 23.5 Å². The highest BCUT2D eigenvalue weighted by Gasteiger charge is 2.28. The van der Waals surface area contributed by atoms with Crippen molar-refractivity contribution in [1.82, 2.24) is 20.4 Å². The SMILES string of the molecule is CC(C)C(=O)N1CCC(NC(=O)CCc2nc(-c3ccccc3)no2)C1. The fourth-order valence-corrected chi connectivity index (χ4v) is 3.02. The van der Waals surface area contributed by atoms with E-state index in [9.17, 15) is 9.59 Å². The van der Waals surface area contributed by atoms with Gasteiger partial charge in [0.1, 0.15) is 0 Å². The molecule has 1 aromatic carbocycles. The van der Waals surface area contributed by atoms with Crippen molar-refractivity contribution in [3.8, 4) is 11.4 Å². The second kappa shape index (κ2) is 8.12. The molecule has 2 amide bonds. The standard InChI is InChI=1S/C19H24N4O3/c1-13(2)19(25)23-11-10-15(12-23)20-16(24)8-9-17-21-18(22-26-17)14-6-4-3-5-7-14/h3-7,13,15H,8-12H2,1-2H3,(H,20,24). The van der Waals surface area contributed by atoms with Gasteiger partial charge in [-0.15, -0.1) is 0 Å². The fraction of sp³-hybridized carbons (Fsp3) is 0.474. The third-order valence-corrected chi connectivity index (χ3v) is 4.42. The number of nitrogens with zero attached hydrogens (tertiary/aromatic N) is 3. The Kier molecular flexibility index (Phi) is 5.65. The Hall–Kier alpha value is -2.70. The average Bonchev–Trinajstić information content (AvgIpc) is 3.29. The van der Waals surface area contributed by atoms with Crippen molar-refractivity contribution in [1.29, 1.82) is 0 Å². The van der Waals surface area contributed by atoms with E-state index in [-0.39, 0.29) is 30.2 Å². The molecule has 1 fully saturated rings. The van der Waals surface area contributed by atoms with Crippen molar-refractivity contribution in [2.24, 2.45) is 5.92 Å². The Labute approximate surface area is 152 Å². The molecule has 0 aliphatic carbocycles.